The maximum Gasteiger partial charge on any atom is 0.256 e. The molecule has 0 spiro atoms. The first-order valence-electron chi connectivity index (χ1n) is 13.2. The monoisotopic (exact) mass is 502 g/mol. The third-order valence-electron chi connectivity index (χ3n) is 6.68. The van der Waals surface area contributed by atoms with Gasteiger partial charge in [-0.05, 0) is 78.6 Å². The molecule has 0 aliphatic rings. The molecule has 3 rings (SSSR count). The number of para-hydroxylation sites is 1. The van der Waals surface area contributed by atoms with Crippen molar-refractivity contribution in [2.45, 2.75) is 65.7 Å². The number of rotatable bonds is 11. The number of carbonyl (C=O) groups is 1. The van der Waals surface area contributed by atoms with Crippen LogP contribution in [0.4, 0.5) is 21.5 Å². The molecule has 6 heteroatoms. The largest absolute Gasteiger partial charge is 0.398 e. The Kier molecular flexibility index (Phi) is 9.84. The van der Waals surface area contributed by atoms with Crippen molar-refractivity contribution < 1.29 is 9.18 Å². The summed E-state index contributed by atoms with van der Waals surface area (Å²) in [5.41, 5.74) is 10.5. The van der Waals surface area contributed by atoms with Crippen LogP contribution < -0.4 is 16.4 Å². The molecular formula is C31H39FN4O. The van der Waals surface area contributed by atoms with E-state index in [0.29, 0.717) is 46.4 Å². The van der Waals surface area contributed by atoms with E-state index in [-0.39, 0.29) is 17.6 Å². The van der Waals surface area contributed by atoms with Crippen LogP contribution in [0.25, 0.3) is 0 Å². The highest BCUT2D eigenvalue weighted by atomic mass is 19.1. The van der Waals surface area contributed by atoms with E-state index in [0.717, 1.165) is 24.8 Å². The van der Waals surface area contributed by atoms with Crippen molar-refractivity contribution in [3.63, 3.8) is 0 Å². The van der Waals surface area contributed by atoms with Crippen LogP contribution in [0.2, 0.25) is 0 Å². The zero-order chi connectivity index (χ0) is 26.9. The smallest absolute Gasteiger partial charge is 0.256 e. The minimum absolute atomic E-state index is 0.0842. The number of nitrogens with two attached hydrogens (primary N) is 1. The van der Waals surface area contributed by atoms with Crippen molar-refractivity contribution >= 4 is 28.8 Å². The average molecular weight is 503 g/mol. The summed E-state index contributed by atoms with van der Waals surface area (Å²) in [5.74, 6) is 0.382. The van der Waals surface area contributed by atoms with Crippen LogP contribution in [0.5, 0.6) is 0 Å². The number of benzene rings is 3. The van der Waals surface area contributed by atoms with Crippen molar-refractivity contribution in [2.75, 3.05) is 11.1 Å². The van der Waals surface area contributed by atoms with Gasteiger partial charge in [-0.3, -0.25) is 10.2 Å². The summed E-state index contributed by atoms with van der Waals surface area (Å²) in [6, 6.07) is 17.7. The van der Waals surface area contributed by atoms with E-state index in [4.69, 9.17) is 11.1 Å². The second kappa shape index (κ2) is 13.0. The molecule has 0 aliphatic heterocycles. The zero-order valence-corrected chi connectivity index (χ0v) is 22.3. The second-order valence-corrected chi connectivity index (χ2v) is 9.96. The number of hydrogen-bond donors (Lipinski definition) is 4. The number of nitrogens with one attached hydrogen (secondary N) is 3. The van der Waals surface area contributed by atoms with E-state index in [1.165, 1.54) is 18.1 Å². The minimum atomic E-state index is -0.355. The summed E-state index contributed by atoms with van der Waals surface area (Å²) in [6.45, 7) is 8.65. The van der Waals surface area contributed by atoms with Crippen LogP contribution in [0.3, 0.4) is 0 Å². The minimum Gasteiger partial charge on any atom is -0.398 e. The van der Waals surface area contributed by atoms with Gasteiger partial charge in [0.1, 0.15) is 11.7 Å². The van der Waals surface area contributed by atoms with E-state index >= 15 is 0 Å². The summed E-state index contributed by atoms with van der Waals surface area (Å²) in [7, 11) is 0. The molecule has 1 atom stereocenters. The van der Waals surface area contributed by atoms with Gasteiger partial charge < -0.3 is 16.4 Å². The summed E-state index contributed by atoms with van der Waals surface area (Å²) >= 11 is 0. The van der Waals surface area contributed by atoms with Crippen LogP contribution in [0.1, 0.15) is 86.3 Å². The van der Waals surface area contributed by atoms with Gasteiger partial charge in [-0.2, -0.15) is 0 Å². The lowest BCUT2D eigenvalue weighted by molar-refractivity contribution is 0.0977. The number of amides is 1. The molecule has 5 nitrogen and oxygen atoms in total. The molecule has 1 amide bonds. The Morgan fingerprint density at radius 2 is 1.73 bits per heavy atom. The van der Waals surface area contributed by atoms with Crippen LogP contribution in [0, 0.1) is 17.1 Å². The van der Waals surface area contributed by atoms with E-state index in [1.54, 1.807) is 24.3 Å². The Morgan fingerprint density at radius 3 is 2.35 bits per heavy atom. The Morgan fingerprint density at radius 1 is 1.00 bits per heavy atom. The normalized spacial score (nSPS) is 11.8. The second-order valence-electron chi connectivity index (χ2n) is 9.96. The molecule has 5 N–H and O–H groups in total. The number of nitrogen functional groups attached to an aromatic ring is 1. The third kappa shape index (κ3) is 7.42. The molecule has 1 unspecified atom stereocenters. The molecule has 196 valence electrons. The topological polar surface area (TPSA) is 91.0 Å². The Labute approximate surface area is 220 Å². The summed E-state index contributed by atoms with van der Waals surface area (Å²) in [5, 5.41) is 14.1. The van der Waals surface area contributed by atoms with E-state index < -0.39 is 0 Å². The first-order valence-corrected chi connectivity index (χ1v) is 13.2. The number of anilines is 3. The predicted molar refractivity (Wildman–Crippen MR) is 152 cm³/mol. The predicted octanol–water partition coefficient (Wildman–Crippen LogP) is 7.79. The van der Waals surface area contributed by atoms with Crippen molar-refractivity contribution in [3.8, 4) is 0 Å². The highest BCUT2D eigenvalue weighted by molar-refractivity contribution is 6.13. The van der Waals surface area contributed by atoms with Crippen LogP contribution in [-0.2, 0) is 6.42 Å². The fourth-order valence-electron chi connectivity index (χ4n) is 4.54. The van der Waals surface area contributed by atoms with E-state index in [1.807, 2.05) is 37.3 Å². The molecule has 3 aromatic rings. The standard InChI is InChI=1S/C31H39FN4O/c1-5-8-22(12-11-20(3)4)23-13-15-24(16-14-23)31(37)36-30(34)26-18-17-25(19-28(26)33)35-29-21(6-2)9-7-10-27(29)32/h7,9-10,13-20,22,35H,5-6,8,11-12,33H2,1-4H3,(H2,34,36,37). The Balaban J connectivity index is 1.68. The maximum atomic E-state index is 14.3. The summed E-state index contributed by atoms with van der Waals surface area (Å²) in [6.07, 6.45) is 5.26. The third-order valence-corrected chi connectivity index (χ3v) is 6.68. The van der Waals surface area contributed by atoms with Crippen LogP contribution in [0.15, 0.2) is 60.7 Å². The molecule has 0 aromatic heterocycles. The first-order chi connectivity index (χ1) is 17.7. The molecule has 3 aromatic carbocycles. The van der Waals surface area contributed by atoms with Crippen molar-refractivity contribution in [2.24, 2.45) is 5.92 Å². The number of carbonyl (C=O) groups excluding carboxylic acids is 1. The Bertz CT molecular complexity index is 1220. The van der Waals surface area contributed by atoms with Gasteiger partial charge in [0, 0.05) is 22.5 Å². The van der Waals surface area contributed by atoms with Gasteiger partial charge in [-0.1, -0.05) is 64.8 Å². The van der Waals surface area contributed by atoms with Gasteiger partial charge >= 0.3 is 0 Å². The summed E-state index contributed by atoms with van der Waals surface area (Å²) in [4.78, 5) is 12.8. The zero-order valence-electron chi connectivity index (χ0n) is 22.3. The number of amidine groups is 1. The van der Waals surface area contributed by atoms with Crippen LogP contribution >= 0.6 is 0 Å². The fraction of sp³-hybridized carbons (Fsp3) is 0.355. The van der Waals surface area contributed by atoms with E-state index in [9.17, 15) is 9.18 Å². The van der Waals surface area contributed by atoms with Crippen molar-refractivity contribution in [1.82, 2.24) is 5.32 Å². The molecule has 0 fully saturated rings. The molecule has 0 bridgehead atoms. The Hall–Kier alpha value is -3.67. The van der Waals surface area contributed by atoms with Crippen LogP contribution in [-0.4, -0.2) is 11.7 Å². The fourth-order valence-corrected chi connectivity index (χ4v) is 4.54. The maximum absolute atomic E-state index is 14.3. The molecule has 0 saturated carbocycles. The molecule has 0 heterocycles. The lowest BCUT2D eigenvalue weighted by Gasteiger charge is -2.18. The number of halogens is 1. The molecule has 0 radical (unpaired) electrons. The van der Waals surface area contributed by atoms with Gasteiger partial charge in [-0.25, -0.2) is 4.39 Å². The highest BCUT2D eigenvalue weighted by Crippen LogP contribution is 2.29. The quantitative estimate of drug-likeness (QED) is 0.122. The molecular weight excluding hydrogens is 463 g/mol. The average Bonchev–Trinajstić information content (AvgIpc) is 2.87. The van der Waals surface area contributed by atoms with Gasteiger partial charge in [0.05, 0.1) is 5.69 Å². The lowest BCUT2D eigenvalue weighted by Crippen LogP contribution is -2.31. The van der Waals surface area contributed by atoms with Crippen molar-refractivity contribution in [3.05, 3.63) is 88.7 Å². The first kappa shape index (κ1) is 27.9. The van der Waals surface area contributed by atoms with Gasteiger partial charge in [0.15, 0.2) is 0 Å². The van der Waals surface area contributed by atoms with Gasteiger partial charge in [0.25, 0.3) is 5.91 Å². The summed E-state index contributed by atoms with van der Waals surface area (Å²) < 4.78 is 14.3. The number of hydrogen-bond acceptors (Lipinski definition) is 4. The lowest BCUT2D eigenvalue weighted by atomic mass is 9.87. The number of aryl methyl sites for hydroxylation is 1. The SMILES string of the molecule is CCCC(CCC(C)C)c1ccc(C(=O)NC(=N)c2ccc(Nc3c(F)cccc3CC)cc2N)cc1. The molecule has 0 saturated heterocycles. The van der Waals surface area contributed by atoms with Gasteiger partial charge in [0.2, 0.25) is 0 Å². The van der Waals surface area contributed by atoms with Gasteiger partial charge in [-0.15, -0.1) is 0 Å². The molecule has 0 aliphatic carbocycles. The molecule has 37 heavy (non-hydrogen) atoms. The van der Waals surface area contributed by atoms with Crippen molar-refractivity contribution in [1.29, 1.82) is 5.41 Å². The van der Waals surface area contributed by atoms with E-state index in [2.05, 4.69) is 31.4 Å². The highest BCUT2D eigenvalue weighted by Gasteiger charge is 2.16.